The van der Waals surface area contributed by atoms with Gasteiger partial charge in [-0.05, 0) is 5.56 Å². The van der Waals surface area contributed by atoms with Gasteiger partial charge in [0.1, 0.15) is 0 Å². The molecule has 0 aliphatic carbocycles. The molecule has 0 bridgehead atoms. The predicted octanol–water partition coefficient (Wildman–Crippen LogP) is 3.33. The molecule has 1 heterocycles. The van der Waals surface area contributed by atoms with E-state index >= 15 is 0 Å². The molecule has 1 unspecified atom stereocenters. The predicted molar refractivity (Wildman–Crippen MR) is 87.0 cm³/mol. The summed E-state index contributed by atoms with van der Waals surface area (Å²) in [6.45, 7) is 3.26. The minimum Gasteiger partial charge on any atom is -0.371 e. The Labute approximate surface area is 131 Å². The average molecular weight is 295 g/mol. The van der Waals surface area contributed by atoms with Crippen LogP contribution in [0.5, 0.6) is 0 Å². The van der Waals surface area contributed by atoms with Gasteiger partial charge in [0.05, 0.1) is 12.7 Å². The van der Waals surface area contributed by atoms with Gasteiger partial charge < -0.3 is 4.74 Å². The van der Waals surface area contributed by atoms with E-state index in [1.165, 1.54) is 5.56 Å². The van der Waals surface area contributed by atoms with Crippen LogP contribution in [-0.4, -0.2) is 36.9 Å². The first-order chi connectivity index (χ1) is 10.8. The van der Waals surface area contributed by atoms with Crippen LogP contribution in [0.2, 0.25) is 0 Å². The number of hydrogen-bond acceptors (Lipinski definition) is 3. The molecule has 1 aliphatic rings. The SMILES string of the molecule is O=C(CCN1CCOC(c2ccccc2)C1)c1ccccc1. The summed E-state index contributed by atoms with van der Waals surface area (Å²) >= 11 is 0. The smallest absolute Gasteiger partial charge is 0.164 e. The van der Waals surface area contributed by atoms with Crippen LogP contribution in [-0.2, 0) is 4.74 Å². The fourth-order valence-corrected chi connectivity index (χ4v) is 2.80. The van der Waals surface area contributed by atoms with Crippen LogP contribution in [0, 0.1) is 0 Å². The Hall–Kier alpha value is -1.97. The number of ketones is 1. The first-order valence-electron chi connectivity index (χ1n) is 7.80. The third-order valence-electron chi connectivity index (χ3n) is 4.07. The number of carbonyl (C=O) groups is 1. The summed E-state index contributed by atoms with van der Waals surface area (Å²) in [5.74, 6) is 0.211. The van der Waals surface area contributed by atoms with Gasteiger partial charge in [0.2, 0.25) is 0 Å². The summed E-state index contributed by atoms with van der Waals surface area (Å²) < 4.78 is 5.86. The van der Waals surface area contributed by atoms with Crippen LogP contribution in [0.25, 0.3) is 0 Å². The Balaban J connectivity index is 1.54. The summed E-state index contributed by atoms with van der Waals surface area (Å²) in [5.41, 5.74) is 2.01. The van der Waals surface area contributed by atoms with Gasteiger partial charge >= 0.3 is 0 Å². The van der Waals surface area contributed by atoms with Gasteiger partial charge in [0.15, 0.2) is 5.78 Å². The fraction of sp³-hybridized carbons (Fsp3) is 0.316. The number of rotatable bonds is 5. The lowest BCUT2D eigenvalue weighted by Gasteiger charge is -2.33. The van der Waals surface area contributed by atoms with Crippen molar-refractivity contribution in [1.29, 1.82) is 0 Å². The van der Waals surface area contributed by atoms with E-state index < -0.39 is 0 Å². The average Bonchev–Trinajstić information content (AvgIpc) is 2.61. The van der Waals surface area contributed by atoms with E-state index in [2.05, 4.69) is 17.0 Å². The zero-order valence-corrected chi connectivity index (χ0v) is 12.7. The molecule has 0 aromatic heterocycles. The standard InChI is InChI=1S/C19H21NO2/c21-18(16-7-3-1-4-8-16)11-12-20-13-14-22-19(15-20)17-9-5-2-6-10-17/h1-10,19H,11-15H2. The monoisotopic (exact) mass is 295 g/mol. The second kappa shape index (κ2) is 7.34. The van der Waals surface area contributed by atoms with Gasteiger partial charge in [0, 0.05) is 31.6 Å². The van der Waals surface area contributed by atoms with E-state index in [-0.39, 0.29) is 11.9 Å². The Bertz CT molecular complexity index is 597. The molecule has 3 rings (SSSR count). The lowest BCUT2D eigenvalue weighted by atomic mass is 10.1. The zero-order chi connectivity index (χ0) is 15.2. The Morgan fingerprint density at radius 3 is 2.45 bits per heavy atom. The molecule has 1 saturated heterocycles. The number of Topliss-reactive ketones (excluding diaryl/α,β-unsaturated/α-hetero) is 1. The van der Waals surface area contributed by atoms with Gasteiger partial charge in [-0.25, -0.2) is 0 Å². The largest absolute Gasteiger partial charge is 0.371 e. The summed E-state index contributed by atoms with van der Waals surface area (Å²) in [5, 5.41) is 0. The Kier molecular flexibility index (Phi) is 4.99. The maximum absolute atomic E-state index is 12.2. The maximum atomic E-state index is 12.2. The number of carbonyl (C=O) groups excluding carboxylic acids is 1. The molecule has 0 N–H and O–H groups in total. The van der Waals surface area contributed by atoms with Gasteiger partial charge in [0.25, 0.3) is 0 Å². The molecule has 2 aromatic rings. The normalized spacial score (nSPS) is 19.0. The van der Waals surface area contributed by atoms with Crippen molar-refractivity contribution in [3.05, 3.63) is 71.8 Å². The van der Waals surface area contributed by atoms with Crippen LogP contribution in [0.1, 0.15) is 28.4 Å². The number of benzene rings is 2. The highest BCUT2D eigenvalue weighted by Gasteiger charge is 2.22. The van der Waals surface area contributed by atoms with Crippen LogP contribution >= 0.6 is 0 Å². The minimum atomic E-state index is 0.113. The lowest BCUT2D eigenvalue weighted by Crippen LogP contribution is -2.39. The Morgan fingerprint density at radius 2 is 1.73 bits per heavy atom. The van der Waals surface area contributed by atoms with Crippen LogP contribution < -0.4 is 0 Å². The first-order valence-corrected chi connectivity index (χ1v) is 7.80. The number of hydrogen-bond donors (Lipinski definition) is 0. The maximum Gasteiger partial charge on any atom is 0.164 e. The van der Waals surface area contributed by atoms with Crippen molar-refractivity contribution in [3.8, 4) is 0 Å². The van der Waals surface area contributed by atoms with Gasteiger partial charge in [-0.1, -0.05) is 60.7 Å². The van der Waals surface area contributed by atoms with Crippen molar-refractivity contribution in [2.75, 3.05) is 26.2 Å². The number of morpholine rings is 1. The van der Waals surface area contributed by atoms with Crippen molar-refractivity contribution in [2.45, 2.75) is 12.5 Å². The molecule has 1 aliphatic heterocycles. The van der Waals surface area contributed by atoms with E-state index in [0.29, 0.717) is 6.42 Å². The third-order valence-corrected chi connectivity index (χ3v) is 4.07. The number of ether oxygens (including phenoxy) is 1. The van der Waals surface area contributed by atoms with Crippen LogP contribution in [0.15, 0.2) is 60.7 Å². The van der Waals surface area contributed by atoms with Crippen molar-refractivity contribution in [1.82, 2.24) is 4.90 Å². The Morgan fingerprint density at radius 1 is 1.05 bits per heavy atom. The van der Waals surface area contributed by atoms with Crippen molar-refractivity contribution >= 4 is 5.78 Å². The summed E-state index contributed by atoms with van der Waals surface area (Å²) in [6.07, 6.45) is 0.674. The molecular formula is C19H21NO2. The molecule has 1 fully saturated rings. The molecular weight excluding hydrogens is 274 g/mol. The molecule has 3 nitrogen and oxygen atoms in total. The summed E-state index contributed by atoms with van der Waals surface area (Å²) in [7, 11) is 0. The van der Waals surface area contributed by atoms with Gasteiger partial charge in [-0.15, -0.1) is 0 Å². The van der Waals surface area contributed by atoms with E-state index in [9.17, 15) is 4.79 Å². The topological polar surface area (TPSA) is 29.5 Å². The molecule has 0 amide bonds. The molecule has 114 valence electrons. The van der Waals surface area contributed by atoms with E-state index in [0.717, 1.165) is 31.8 Å². The highest BCUT2D eigenvalue weighted by atomic mass is 16.5. The van der Waals surface area contributed by atoms with Gasteiger partial charge in [-0.2, -0.15) is 0 Å². The van der Waals surface area contributed by atoms with E-state index in [1.807, 2.05) is 48.5 Å². The highest BCUT2D eigenvalue weighted by Crippen LogP contribution is 2.22. The first kappa shape index (κ1) is 14.9. The van der Waals surface area contributed by atoms with E-state index in [1.54, 1.807) is 0 Å². The quantitative estimate of drug-likeness (QED) is 0.792. The molecule has 0 saturated carbocycles. The molecule has 0 radical (unpaired) electrons. The highest BCUT2D eigenvalue weighted by molar-refractivity contribution is 5.96. The van der Waals surface area contributed by atoms with Crippen LogP contribution in [0.4, 0.5) is 0 Å². The molecule has 2 aromatic carbocycles. The fourth-order valence-electron chi connectivity index (χ4n) is 2.80. The summed E-state index contributed by atoms with van der Waals surface area (Å²) in [6, 6.07) is 19.8. The number of nitrogens with zero attached hydrogens (tertiary/aromatic N) is 1. The molecule has 3 heteroatoms. The molecule has 0 spiro atoms. The second-order valence-corrected chi connectivity index (χ2v) is 5.61. The minimum absolute atomic E-state index is 0.113. The van der Waals surface area contributed by atoms with Crippen molar-refractivity contribution in [2.24, 2.45) is 0 Å². The zero-order valence-electron chi connectivity index (χ0n) is 12.7. The molecule has 22 heavy (non-hydrogen) atoms. The van der Waals surface area contributed by atoms with Gasteiger partial charge in [-0.3, -0.25) is 9.69 Å². The second-order valence-electron chi connectivity index (χ2n) is 5.61. The molecule has 1 atom stereocenters. The lowest BCUT2D eigenvalue weighted by molar-refractivity contribution is -0.0297. The van der Waals surface area contributed by atoms with Crippen molar-refractivity contribution in [3.63, 3.8) is 0 Å². The summed E-state index contributed by atoms with van der Waals surface area (Å²) in [4.78, 5) is 14.5. The third kappa shape index (κ3) is 3.81. The van der Waals surface area contributed by atoms with Crippen LogP contribution in [0.3, 0.4) is 0 Å². The van der Waals surface area contributed by atoms with Crippen molar-refractivity contribution < 1.29 is 9.53 Å². The van der Waals surface area contributed by atoms with E-state index in [4.69, 9.17) is 4.74 Å².